The van der Waals surface area contributed by atoms with Crippen LogP contribution in [0.5, 0.6) is 0 Å². The van der Waals surface area contributed by atoms with E-state index in [9.17, 15) is 8.42 Å². The lowest BCUT2D eigenvalue weighted by Gasteiger charge is -2.05. The molecule has 3 nitrogen and oxygen atoms in total. The number of thiophene rings is 1. The highest BCUT2D eigenvalue weighted by Gasteiger charge is 2.21. The zero-order chi connectivity index (χ0) is 11.5. The van der Waals surface area contributed by atoms with Crippen LogP contribution in [-0.2, 0) is 15.6 Å². The van der Waals surface area contributed by atoms with Crippen LogP contribution in [0.15, 0.2) is 10.3 Å². The van der Waals surface area contributed by atoms with Crippen LogP contribution < -0.4 is 5.32 Å². The molecule has 1 N–H and O–H groups in total. The minimum absolute atomic E-state index is 0.199. The number of hydrogen-bond donors (Lipinski definition) is 2. The van der Waals surface area contributed by atoms with Gasteiger partial charge in [-0.05, 0) is 6.42 Å². The summed E-state index contributed by atoms with van der Waals surface area (Å²) < 4.78 is 23.8. The van der Waals surface area contributed by atoms with Crippen molar-refractivity contribution in [2.75, 3.05) is 18.1 Å². The molecule has 1 rings (SSSR count). The summed E-state index contributed by atoms with van der Waals surface area (Å²) in [4.78, 5) is 1.39. The number of anilines is 1. The summed E-state index contributed by atoms with van der Waals surface area (Å²) in [5.41, 5.74) is 0.712. The molecule has 0 saturated heterocycles. The molecule has 0 amide bonds. The minimum Gasteiger partial charge on any atom is -0.386 e. The topological polar surface area (TPSA) is 46.2 Å². The third kappa shape index (κ3) is 2.68. The molecule has 0 aliphatic rings. The highest BCUT2D eigenvalue weighted by atomic mass is 32.2. The van der Waals surface area contributed by atoms with Gasteiger partial charge in [-0.3, -0.25) is 0 Å². The molecule has 0 atom stereocenters. The van der Waals surface area contributed by atoms with Crippen LogP contribution in [0.25, 0.3) is 0 Å². The van der Waals surface area contributed by atoms with Gasteiger partial charge >= 0.3 is 0 Å². The second-order valence-corrected chi connectivity index (χ2v) is 6.48. The Morgan fingerprint density at radius 3 is 2.67 bits per heavy atom. The van der Waals surface area contributed by atoms with Crippen LogP contribution in [0.3, 0.4) is 0 Å². The van der Waals surface area contributed by atoms with Crippen molar-refractivity contribution in [1.82, 2.24) is 0 Å². The Balaban J connectivity index is 3.20. The van der Waals surface area contributed by atoms with E-state index in [1.807, 2.05) is 6.92 Å². The Hall–Kier alpha value is -0.200. The lowest BCUT2D eigenvalue weighted by atomic mass is 10.4. The highest BCUT2D eigenvalue weighted by Crippen LogP contribution is 2.33. The summed E-state index contributed by atoms with van der Waals surface area (Å²) in [7, 11) is -1.39. The predicted octanol–water partition coefficient (Wildman–Crippen LogP) is 2.40. The fourth-order valence-electron chi connectivity index (χ4n) is 1.37. The molecule has 0 bridgehead atoms. The van der Waals surface area contributed by atoms with Gasteiger partial charge < -0.3 is 5.32 Å². The predicted molar refractivity (Wildman–Crippen MR) is 68.9 cm³/mol. The van der Waals surface area contributed by atoms with E-state index in [0.717, 1.165) is 4.88 Å². The number of thiol groups is 1. The SMILES string of the molecule is CCCS(=O)(=O)c1csc(CS)c1NC. The van der Waals surface area contributed by atoms with Gasteiger partial charge in [0.2, 0.25) is 0 Å². The van der Waals surface area contributed by atoms with E-state index < -0.39 is 9.84 Å². The smallest absolute Gasteiger partial charge is 0.181 e. The third-order valence-corrected chi connectivity index (χ3v) is 5.64. The Kier molecular flexibility index (Phi) is 4.48. The maximum absolute atomic E-state index is 11.9. The maximum Gasteiger partial charge on any atom is 0.181 e. The summed E-state index contributed by atoms with van der Waals surface area (Å²) in [6, 6.07) is 0. The fourth-order valence-corrected chi connectivity index (χ4v) is 4.61. The minimum atomic E-state index is -3.13. The normalized spacial score (nSPS) is 11.7. The zero-order valence-corrected chi connectivity index (χ0v) is 11.3. The summed E-state index contributed by atoms with van der Waals surface area (Å²) in [5.74, 6) is 0.757. The van der Waals surface area contributed by atoms with Crippen molar-refractivity contribution in [3.05, 3.63) is 10.3 Å². The molecule has 1 heterocycles. The largest absolute Gasteiger partial charge is 0.386 e. The summed E-state index contributed by atoms with van der Waals surface area (Å²) >= 11 is 5.61. The van der Waals surface area contributed by atoms with Crippen LogP contribution in [0.1, 0.15) is 18.2 Å². The van der Waals surface area contributed by atoms with Gasteiger partial charge in [0.25, 0.3) is 0 Å². The van der Waals surface area contributed by atoms with Crippen molar-refractivity contribution in [2.24, 2.45) is 0 Å². The van der Waals surface area contributed by atoms with E-state index in [1.54, 1.807) is 12.4 Å². The van der Waals surface area contributed by atoms with E-state index in [1.165, 1.54) is 11.3 Å². The van der Waals surface area contributed by atoms with Gasteiger partial charge in [-0.2, -0.15) is 12.6 Å². The maximum atomic E-state index is 11.9. The number of hydrogen-bond acceptors (Lipinski definition) is 5. The van der Waals surface area contributed by atoms with Crippen molar-refractivity contribution in [2.45, 2.75) is 24.0 Å². The average molecular weight is 265 g/mol. The molecule has 0 aliphatic carbocycles. The fraction of sp³-hybridized carbons (Fsp3) is 0.556. The van der Waals surface area contributed by atoms with Crippen LogP contribution in [0, 0.1) is 0 Å². The van der Waals surface area contributed by atoms with E-state index in [-0.39, 0.29) is 5.75 Å². The van der Waals surface area contributed by atoms with Gasteiger partial charge in [-0.25, -0.2) is 8.42 Å². The summed E-state index contributed by atoms with van der Waals surface area (Å²) in [6.07, 6.45) is 0.636. The third-order valence-electron chi connectivity index (χ3n) is 2.03. The van der Waals surface area contributed by atoms with Crippen LogP contribution in [0.4, 0.5) is 5.69 Å². The van der Waals surface area contributed by atoms with Gasteiger partial charge in [0.05, 0.1) is 11.4 Å². The molecule has 0 unspecified atom stereocenters. The van der Waals surface area contributed by atoms with Crippen LogP contribution in [0.2, 0.25) is 0 Å². The van der Waals surface area contributed by atoms with Gasteiger partial charge in [-0.1, -0.05) is 6.92 Å². The van der Waals surface area contributed by atoms with Crippen molar-refractivity contribution < 1.29 is 8.42 Å². The Bertz CT molecular complexity index is 423. The zero-order valence-electron chi connectivity index (χ0n) is 8.78. The first kappa shape index (κ1) is 12.9. The first-order valence-corrected chi connectivity index (χ1v) is 7.85. The standard InChI is InChI=1S/C9H15NO2S3/c1-3-4-15(11,12)8-6-14-7(5-13)9(8)10-2/h6,10,13H,3-5H2,1-2H3. The second-order valence-electron chi connectivity index (χ2n) is 3.13. The lowest BCUT2D eigenvalue weighted by Crippen LogP contribution is -2.07. The van der Waals surface area contributed by atoms with Gasteiger partial charge in [-0.15, -0.1) is 11.3 Å². The monoisotopic (exact) mass is 265 g/mol. The molecule has 1 aromatic rings. The van der Waals surface area contributed by atoms with Crippen molar-refractivity contribution in [3.8, 4) is 0 Å². The molecular weight excluding hydrogens is 250 g/mol. The molecular formula is C9H15NO2S3. The number of rotatable bonds is 5. The molecule has 0 aromatic carbocycles. The molecule has 0 fully saturated rings. The Labute approximate surface area is 100 Å². The van der Waals surface area contributed by atoms with E-state index in [0.29, 0.717) is 22.8 Å². The average Bonchev–Trinajstić information content (AvgIpc) is 2.60. The van der Waals surface area contributed by atoms with Crippen molar-refractivity contribution >= 4 is 39.5 Å². The first-order chi connectivity index (χ1) is 7.06. The number of sulfone groups is 1. The van der Waals surface area contributed by atoms with E-state index in [4.69, 9.17) is 0 Å². The quantitative estimate of drug-likeness (QED) is 0.804. The summed E-state index contributed by atoms with van der Waals surface area (Å²) in [5, 5.41) is 4.64. The summed E-state index contributed by atoms with van der Waals surface area (Å²) in [6.45, 7) is 1.86. The number of nitrogens with one attached hydrogen (secondary N) is 1. The second kappa shape index (κ2) is 5.23. The Morgan fingerprint density at radius 1 is 1.53 bits per heavy atom. The molecule has 1 aromatic heterocycles. The first-order valence-electron chi connectivity index (χ1n) is 4.68. The lowest BCUT2D eigenvalue weighted by molar-refractivity contribution is 0.595. The molecule has 0 saturated carbocycles. The van der Waals surface area contributed by atoms with E-state index >= 15 is 0 Å². The molecule has 0 spiro atoms. The van der Waals surface area contributed by atoms with Crippen LogP contribution in [-0.4, -0.2) is 21.2 Å². The molecule has 86 valence electrons. The molecule has 6 heteroatoms. The highest BCUT2D eigenvalue weighted by molar-refractivity contribution is 7.91. The van der Waals surface area contributed by atoms with Gasteiger partial charge in [0, 0.05) is 23.1 Å². The van der Waals surface area contributed by atoms with Crippen molar-refractivity contribution in [3.63, 3.8) is 0 Å². The van der Waals surface area contributed by atoms with Crippen molar-refractivity contribution in [1.29, 1.82) is 0 Å². The van der Waals surface area contributed by atoms with Crippen LogP contribution >= 0.6 is 24.0 Å². The molecule has 0 radical (unpaired) electrons. The van der Waals surface area contributed by atoms with Gasteiger partial charge in [0.1, 0.15) is 4.90 Å². The Morgan fingerprint density at radius 2 is 2.20 bits per heavy atom. The van der Waals surface area contributed by atoms with E-state index in [2.05, 4.69) is 17.9 Å². The molecule has 0 aliphatic heterocycles. The van der Waals surface area contributed by atoms with Gasteiger partial charge in [0.15, 0.2) is 9.84 Å². The molecule has 15 heavy (non-hydrogen) atoms.